The summed E-state index contributed by atoms with van der Waals surface area (Å²) in [5.41, 5.74) is 3.75. The number of carbonyl (C=O) groups is 1. The van der Waals surface area contributed by atoms with Gasteiger partial charge in [0.1, 0.15) is 5.56 Å². The van der Waals surface area contributed by atoms with Crippen molar-refractivity contribution in [1.29, 1.82) is 0 Å². The molecular formula is C11H13N3O2. The van der Waals surface area contributed by atoms with Crippen molar-refractivity contribution in [3.05, 3.63) is 29.2 Å². The van der Waals surface area contributed by atoms with Gasteiger partial charge in [-0.25, -0.2) is 4.79 Å². The zero-order valence-electron chi connectivity index (χ0n) is 9.40. The molecule has 84 valence electrons. The van der Waals surface area contributed by atoms with Crippen LogP contribution in [0.2, 0.25) is 0 Å². The maximum absolute atomic E-state index is 11.1. The third-order valence-electron chi connectivity index (χ3n) is 2.68. The lowest BCUT2D eigenvalue weighted by atomic mass is 10.1. The summed E-state index contributed by atoms with van der Waals surface area (Å²) < 4.78 is 1.59. The Balaban J connectivity index is 2.73. The normalized spacial score (nSPS) is 10.7. The van der Waals surface area contributed by atoms with Crippen LogP contribution in [0.4, 0.5) is 0 Å². The highest BCUT2D eigenvalue weighted by Gasteiger charge is 2.20. The predicted octanol–water partition coefficient (Wildman–Crippen LogP) is 1.73. The summed E-state index contributed by atoms with van der Waals surface area (Å²) in [6.07, 6.45) is 3.24. The zero-order valence-corrected chi connectivity index (χ0v) is 9.40. The number of carboxylic acids is 1. The van der Waals surface area contributed by atoms with Crippen LogP contribution in [0.25, 0.3) is 11.3 Å². The van der Waals surface area contributed by atoms with Gasteiger partial charge < -0.3 is 10.1 Å². The minimum absolute atomic E-state index is 0.230. The molecule has 5 heteroatoms. The third kappa shape index (κ3) is 1.41. The van der Waals surface area contributed by atoms with Crippen molar-refractivity contribution in [1.82, 2.24) is 14.8 Å². The largest absolute Gasteiger partial charge is 0.478 e. The van der Waals surface area contributed by atoms with Crippen LogP contribution in [0.5, 0.6) is 0 Å². The number of H-pyrrole nitrogens is 1. The molecule has 0 aliphatic heterocycles. The standard InChI is InChI=1S/C11H13N3O2/c1-6-4-12-7(2)9(6)10-8(11(15)16)5-13-14(10)3/h4-5,12H,1-3H3,(H,15,16). The van der Waals surface area contributed by atoms with Crippen LogP contribution in [-0.4, -0.2) is 25.8 Å². The lowest BCUT2D eigenvalue weighted by Crippen LogP contribution is -2.01. The van der Waals surface area contributed by atoms with Gasteiger partial charge >= 0.3 is 5.97 Å². The van der Waals surface area contributed by atoms with Crippen molar-refractivity contribution in [2.24, 2.45) is 7.05 Å². The minimum atomic E-state index is -0.955. The number of aryl methyl sites for hydroxylation is 3. The SMILES string of the molecule is Cc1c[nH]c(C)c1-c1c(C(=O)O)cnn1C. The fourth-order valence-corrected chi connectivity index (χ4v) is 1.91. The summed E-state index contributed by atoms with van der Waals surface area (Å²) in [4.78, 5) is 14.2. The molecule has 0 radical (unpaired) electrons. The quantitative estimate of drug-likeness (QED) is 0.808. The summed E-state index contributed by atoms with van der Waals surface area (Å²) in [5.74, 6) is -0.955. The van der Waals surface area contributed by atoms with Gasteiger partial charge in [-0.15, -0.1) is 0 Å². The molecule has 0 atom stereocenters. The Morgan fingerprint density at radius 3 is 2.69 bits per heavy atom. The fraction of sp³-hybridized carbons (Fsp3) is 0.273. The number of rotatable bonds is 2. The van der Waals surface area contributed by atoms with Gasteiger partial charge in [-0.2, -0.15) is 5.10 Å². The average molecular weight is 219 g/mol. The molecule has 0 aliphatic carbocycles. The number of nitrogens with one attached hydrogen (secondary N) is 1. The van der Waals surface area contributed by atoms with E-state index in [1.54, 1.807) is 11.7 Å². The van der Waals surface area contributed by atoms with E-state index in [0.29, 0.717) is 5.69 Å². The van der Waals surface area contributed by atoms with E-state index in [2.05, 4.69) is 10.1 Å². The van der Waals surface area contributed by atoms with Gasteiger partial charge in [0, 0.05) is 24.5 Å². The first-order chi connectivity index (χ1) is 7.52. The highest BCUT2D eigenvalue weighted by molar-refractivity contribution is 5.95. The molecule has 16 heavy (non-hydrogen) atoms. The van der Waals surface area contributed by atoms with Gasteiger partial charge in [-0.05, 0) is 19.4 Å². The van der Waals surface area contributed by atoms with Crippen molar-refractivity contribution in [2.75, 3.05) is 0 Å². The molecule has 0 aromatic carbocycles. The smallest absolute Gasteiger partial charge is 0.339 e. The molecule has 0 aliphatic rings. The molecule has 0 spiro atoms. The number of aromatic carboxylic acids is 1. The molecule has 2 N–H and O–H groups in total. The molecule has 0 saturated heterocycles. The van der Waals surface area contributed by atoms with Crippen molar-refractivity contribution in [3.63, 3.8) is 0 Å². The summed E-state index contributed by atoms with van der Waals surface area (Å²) in [5, 5.41) is 13.1. The molecule has 0 saturated carbocycles. The number of aromatic nitrogens is 3. The van der Waals surface area contributed by atoms with E-state index < -0.39 is 5.97 Å². The topological polar surface area (TPSA) is 70.9 Å². The Morgan fingerprint density at radius 2 is 2.19 bits per heavy atom. The molecule has 5 nitrogen and oxygen atoms in total. The van der Waals surface area contributed by atoms with E-state index in [1.807, 2.05) is 20.0 Å². The van der Waals surface area contributed by atoms with E-state index in [9.17, 15) is 4.79 Å². The van der Waals surface area contributed by atoms with E-state index in [1.165, 1.54) is 6.20 Å². The van der Waals surface area contributed by atoms with Crippen LogP contribution in [0, 0.1) is 13.8 Å². The van der Waals surface area contributed by atoms with Crippen LogP contribution >= 0.6 is 0 Å². The Labute approximate surface area is 92.7 Å². The van der Waals surface area contributed by atoms with Crippen molar-refractivity contribution in [3.8, 4) is 11.3 Å². The first-order valence-corrected chi connectivity index (χ1v) is 4.92. The third-order valence-corrected chi connectivity index (χ3v) is 2.68. The molecule has 2 rings (SSSR count). The number of hydrogen-bond donors (Lipinski definition) is 2. The molecule has 2 aromatic rings. The molecular weight excluding hydrogens is 206 g/mol. The van der Waals surface area contributed by atoms with Gasteiger partial charge in [0.25, 0.3) is 0 Å². The predicted molar refractivity (Wildman–Crippen MR) is 59.4 cm³/mol. The fourth-order valence-electron chi connectivity index (χ4n) is 1.91. The lowest BCUT2D eigenvalue weighted by molar-refractivity contribution is 0.0697. The second-order valence-electron chi connectivity index (χ2n) is 3.81. The van der Waals surface area contributed by atoms with Crippen LogP contribution < -0.4 is 0 Å². The summed E-state index contributed by atoms with van der Waals surface area (Å²) in [7, 11) is 1.74. The molecule has 0 bridgehead atoms. The van der Waals surface area contributed by atoms with E-state index >= 15 is 0 Å². The number of carboxylic acid groups (broad SMARTS) is 1. The number of aromatic amines is 1. The zero-order chi connectivity index (χ0) is 11.9. The maximum atomic E-state index is 11.1. The highest BCUT2D eigenvalue weighted by atomic mass is 16.4. The van der Waals surface area contributed by atoms with Crippen LogP contribution in [0.3, 0.4) is 0 Å². The Kier molecular flexibility index (Phi) is 2.30. The van der Waals surface area contributed by atoms with Gasteiger partial charge in [0.15, 0.2) is 0 Å². The second-order valence-corrected chi connectivity index (χ2v) is 3.81. The Morgan fingerprint density at radius 1 is 1.50 bits per heavy atom. The summed E-state index contributed by atoms with van der Waals surface area (Å²) in [6, 6.07) is 0. The maximum Gasteiger partial charge on any atom is 0.339 e. The van der Waals surface area contributed by atoms with Gasteiger partial charge in [0.2, 0.25) is 0 Å². The minimum Gasteiger partial charge on any atom is -0.478 e. The summed E-state index contributed by atoms with van der Waals surface area (Å²) in [6.45, 7) is 3.86. The van der Waals surface area contributed by atoms with Crippen molar-refractivity contribution >= 4 is 5.97 Å². The Bertz CT molecular complexity index is 532. The average Bonchev–Trinajstić information content (AvgIpc) is 2.71. The number of nitrogens with zero attached hydrogens (tertiary/aromatic N) is 2. The molecule has 2 heterocycles. The van der Waals surface area contributed by atoms with Gasteiger partial charge in [0.05, 0.1) is 11.9 Å². The van der Waals surface area contributed by atoms with Crippen LogP contribution in [0.1, 0.15) is 21.6 Å². The van der Waals surface area contributed by atoms with Crippen LogP contribution in [-0.2, 0) is 7.05 Å². The van der Waals surface area contributed by atoms with E-state index in [0.717, 1.165) is 16.8 Å². The molecule has 2 aromatic heterocycles. The molecule has 0 unspecified atom stereocenters. The van der Waals surface area contributed by atoms with E-state index in [4.69, 9.17) is 5.11 Å². The van der Waals surface area contributed by atoms with Gasteiger partial charge in [-0.1, -0.05) is 0 Å². The Hall–Kier alpha value is -2.04. The lowest BCUT2D eigenvalue weighted by Gasteiger charge is -2.05. The van der Waals surface area contributed by atoms with Crippen molar-refractivity contribution < 1.29 is 9.90 Å². The summed E-state index contributed by atoms with van der Waals surface area (Å²) >= 11 is 0. The van der Waals surface area contributed by atoms with Gasteiger partial charge in [-0.3, -0.25) is 4.68 Å². The van der Waals surface area contributed by atoms with E-state index in [-0.39, 0.29) is 5.56 Å². The number of hydrogen-bond acceptors (Lipinski definition) is 2. The highest BCUT2D eigenvalue weighted by Crippen LogP contribution is 2.29. The van der Waals surface area contributed by atoms with Crippen LogP contribution in [0.15, 0.2) is 12.4 Å². The second kappa shape index (κ2) is 3.52. The first kappa shape index (κ1) is 10.5. The monoisotopic (exact) mass is 219 g/mol. The van der Waals surface area contributed by atoms with Crippen molar-refractivity contribution in [2.45, 2.75) is 13.8 Å². The molecule has 0 amide bonds. The first-order valence-electron chi connectivity index (χ1n) is 4.92. The molecule has 0 fully saturated rings.